The number of rotatable bonds is 4. The first-order valence-corrected chi connectivity index (χ1v) is 5.76. The molecular formula is C15H12N2O2. The highest BCUT2D eigenvalue weighted by Crippen LogP contribution is 2.12. The van der Waals surface area contributed by atoms with Gasteiger partial charge in [0.15, 0.2) is 6.61 Å². The third-order valence-electron chi connectivity index (χ3n) is 2.39. The number of hydrogen-bond donors (Lipinski definition) is 1. The predicted molar refractivity (Wildman–Crippen MR) is 71.7 cm³/mol. The Labute approximate surface area is 111 Å². The van der Waals surface area contributed by atoms with Crippen molar-refractivity contribution in [3.05, 3.63) is 60.2 Å². The van der Waals surface area contributed by atoms with Crippen LogP contribution >= 0.6 is 0 Å². The molecule has 2 rings (SSSR count). The van der Waals surface area contributed by atoms with Gasteiger partial charge < -0.3 is 10.1 Å². The van der Waals surface area contributed by atoms with Gasteiger partial charge in [0, 0.05) is 5.69 Å². The summed E-state index contributed by atoms with van der Waals surface area (Å²) in [4.78, 5) is 11.6. The minimum absolute atomic E-state index is 0.0935. The monoisotopic (exact) mass is 252 g/mol. The molecule has 94 valence electrons. The Bertz CT molecular complexity index is 603. The molecule has 1 N–H and O–H groups in total. The molecule has 2 aromatic carbocycles. The van der Waals surface area contributed by atoms with Crippen LogP contribution in [0.4, 0.5) is 5.69 Å². The SMILES string of the molecule is N#Cc1cccc(OCC(=O)Nc2ccccc2)c1. The van der Waals surface area contributed by atoms with Gasteiger partial charge in [-0.3, -0.25) is 4.79 Å². The fourth-order valence-electron chi connectivity index (χ4n) is 1.52. The number of nitrogens with one attached hydrogen (secondary N) is 1. The number of ether oxygens (including phenoxy) is 1. The molecule has 4 nitrogen and oxygen atoms in total. The number of nitriles is 1. The lowest BCUT2D eigenvalue weighted by molar-refractivity contribution is -0.118. The summed E-state index contributed by atoms with van der Waals surface area (Å²) in [7, 11) is 0. The lowest BCUT2D eigenvalue weighted by Gasteiger charge is -2.07. The zero-order valence-electron chi connectivity index (χ0n) is 10.2. The van der Waals surface area contributed by atoms with Gasteiger partial charge in [-0.05, 0) is 30.3 Å². The molecule has 4 heteroatoms. The van der Waals surface area contributed by atoms with E-state index in [4.69, 9.17) is 10.00 Å². The maximum atomic E-state index is 11.6. The first-order chi connectivity index (χ1) is 9.28. The van der Waals surface area contributed by atoms with E-state index < -0.39 is 0 Å². The Hall–Kier alpha value is -2.80. The van der Waals surface area contributed by atoms with E-state index in [-0.39, 0.29) is 12.5 Å². The maximum Gasteiger partial charge on any atom is 0.262 e. The van der Waals surface area contributed by atoms with Crippen LogP contribution in [0.1, 0.15) is 5.56 Å². The molecule has 0 heterocycles. The molecule has 19 heavy (non-hydrogen) atoms. The van der Waals surface area contributed by atoms with Crippen LogP contribution in [0, 0.1) is 11.3 Å². The molecular weight excluding hydrogens is 240 g/mol. The Morgan fingerprint density at radius 1 is 1.16 bits per heavy atom. The van der Waals surface area contributed by atoms with Crippen molar-refractivity contribution in [3.63, 3.8) is 0 Å². The second-order valence-corrected chi connectivity index (χ2v) is 3.84. The van der Waals surface area contributed by atoms with Crippen molar-refractivity contribution < 1.29 is 9.53 Å². The molecule has 0 spiro atoms. The van der Waals surface area contributed by atoms with Crippen molar-refractivity contribution in [2.24, 2.45) is 0 Å². The molecule has 0 unspecified atom stereocenters. The number of carbonyl (C=O) groups is 1. The highest BCUT2D eigenvalue weighted by molar-refractivity contribution is 5.91. The summed E-state index contributed by atoms with van der Waals surface area (Å²) in [6.45, 7) is -0.0935. The van der Waals surface area contributed by atoms with Crippen LogP contribution in [-0.2, 0) is 4.79 Å². The topological polar surface area (TPSA) is 62.1 Å². The largest absolute Gasteiger partial charge is 0.484 e. The van der Waals surface area contributed by atoms with Crippen LogP contribution < -0.4 is 10.1 Å². The van der Waals surface area contributed by atoms with E-state index in [0.717, 1.165) is 5.69 Å². The number of para-hydroxylation sites is 1. The Morgan fingerprint density at radius 3 is 2.68 bits per heavy atom. The van der Waals surface area contributed by atoms with Gasteiger partial charge >= 0.3 is 0 Å². The summed E-state index contributed by atoms with van der Waals surface area (Å²) >= 11 is 0. The van der Waals surface area contributed by atoms with Crippen molar-refractivity contribution >= 4 is 11.6 Å². The average molecular weight is 252 g/mol. The maximum absolute atomic E-state index is 11.6. The number of carbonyl (C=O) groups excluding carboxylic acids is 1. The molecule has 0 aromatic heterocycles. The predicted octanol–water partition coefficient (Wildman–Crippen LogP) is 2.58. The molecule has 1 amide bonds. The Kier molecular flexibility index (Phi) is 4.14. The van der Waals surface area contributed by atoms with Gasteiger partial charge in [-0.25, -0.2) is 0 Å². The van der Waals surface area contributed by atoms with Gasteiger partial charge in [-0.2, -0.15) is 5.26 Å². The van der Waals surface area contributed by atoms with Gasteiger partial charge in [0.25, 0.3) is 5.91 Å². The Balaban J connectivity index is 1.88. The molecule has 0 aliphatic rings. The second-order valence-electron chi connectivity index (χ2n) is 3.84. The van der Waals surface area contributed by atoms with Crippen LogP contribution in [-0.4, -0.2) is 12.5 Å². The first kappa shape index (κ1) is 12.7. The van der Waals surface area contributed by atoms with Crippen LogP contribution in [0.25, 0.3) is 0 Å². The van der Waals surface area contributed by atoms with Crippen LogP contribution in [0.2, 0.25) is 0 Å². The van der Waals surface area contributed by atoms with Crippen molar-refractivity contribution in [1.82, 2.24) is 0 Å². The molecule has 0 aliphatic carbocycles. The zero-order valence-corrected chi connectivity index (χ0v) is 10.2. The van der Waals surface area contributed by atoms with Gasteiger partial charge in [0.1, 0.15) is 5.75 Å². The zero-order chi connectivity index (χ0) is 13.5. The van der Waals surface area contributed by atoms with E-state index in [0.29, 0.717) is 11.3 Å². The van der Waals surface area contributed by atoms with Gasteiger partial charge in [0.05, 0.1) is 11.6 Å². The summed E-state index contributed by atoms with van der Waals surface area (Å²) in [5, 5.41) is 11.5. The number of amides is 1. The minimum atomic E-state index is -0.242. The number of nitrogens with zero attached hydrogens (tertiary/aromatic N) is 1. The first-order valence-electron chi connectivity index (χ1n) is 5.76. The quantitative estimate of drug-likeness (QED) is 0.909. The number of benzene rings is 2. The fraction of sp³-hybridized carbons (Fsp3) is 0.0667. The van der Waals surface area contributed by atoms with Crippen molar-refractivity contribution in [3.8, 4) is 11.8 Å². The van der Waals surface area contributed by atoms with E-state index in [1.165, 1.54) is 0 Å². The molecule has 0 atom stereocenters. The minimum Gasteiger partial charge on any atom is -0.484 e. The fourth-order valence-corrected chi connectivity index (χ4v) is 1.52. The number of anilines is 1. The average Bonchev–Trinajstić information content (AvgIpc) is 2.46. The Morgan fingerprint density at radius 2 is 1.95 bits per heavy atom. The summed E-state index contributed by atoms with van der Waals surface area (Å²) in [5.74, 6) is 0.260. The highest BCUT2D eigenvalue weighted by atomic mass is 16.5. The highest BCUT2D eigenvalue weighted by Gasteiger charge is 2.03. The van der Waals surface area contributed by atoms with E-state index in [9.17, 15) is 4.79 Å². The number of hydrogen-bond acceptors (Lipinski definition) is 3. The van der Waals surface area contributed by atoms with Crippen LogP contribution in [0.15, 0.2) is 54.6 Å². The van der Waals surface area contributed by atoms with Gasteiger partial charge in [-0.1, -0.05) is 24.3 Å². The third kappa shape index (κ3) is 3.86. The molecule has 0 radical (unpaired) electrons. The molecule has 2 aromatic rings. The van der Waals surface area contributed by atoms with E-state index >= 15 is 0 Å². The summed E-state index contributed by atoms with van der Waals surface area (Å²) in [6, 6.07) is 17.9. The molecule has 0 bridgehead atoms. The summed E-state index contributed by atoms with van der Waals surface area (Å²) < 4.78 is 5.32. The second kappa shape index (κ2) is 6.22. The van der Waals surface area contributed by atoms with Crippen molar-refractivity contribution in [1.29, 1.82) is 5.26 Å². The lowest BCUT2D eigenvalue weighted by atomic mass is 10.2. The van der Waals surface area contributed by atoms with E-state index in [2.05, 4.69) is 5.32 Å². The summed E-state index contributed by atoms with van der Waals surface area (Å²) in [6.07, 6.45) is 0. The molecule has 0 saturated heterocycles. The molecule has 0 aliphatic heterocycles. The molecule has 0 saturated carbocycles. The van der Waals surface area contributed by atoms with Crippen LogP contribution in [0.3, 0.4) is 0 Å². The normalized spacial score (nSPS) is 9.42. The van der Waals surface area contributed by atoms with Crippen molar-refractivity contribution in [2.75, 3.05) is 11.9 Å². The van der Waals surface area contributed by atoms with E-state index in [1.54, 1.807) is 36.4 Å². The molecule has 0 fully saturated rings. The lowest BCUT2D eigenvalue weighted by Crippen LogP contribution is -2.20. The van der Waals surface area contributed by atoms with Crippen LogP contribution in [0.5, 0.6) is 5.75 Å². The summed E-state index contributed by atoms with van der Waals surface area (Å²) in [5.41, 5.74) is 1.22. The van der Waals surface area contributed by atoms with Gasteiger partial charge in [0.2, 0.25) is 0 Å². The standard InChI is InChI=1S/C15H12N2O2/c16-10-12-5-4-8-14(9-12)19-11-15(18)17-13-6-2-1-3-7-13/h1-9H,11H2,(H,17,18). The van der Waals surface area contributed by atoms with Crippen molar-refractivity contribution in [2.45, 2.75) is 0 Å². The third-order valence-corrected chi connectivity index (χ3v) is 2.39. The van der Waals surface area contributed by atoms with Gasteiger partial charge in [-0.15, -0.1) is 0 Å². The van der Waals surface area contributed by atoms with E-state index in [1.807, 2.05) is 24.3 Å². The smallest absolute Gasteiger partial charge is 0.262 e.